The first kappa shape index (κ1) is 12.6. The van der Waals surface area contributed by atoms with Gasteiger partial charge in [-0.25, -0.2) is 14.4 Å². The second-order valence-electron chi connectivity index (χ2n) is 4.21. The van der Waals surface area contributed by atoms with Crippen molar-refractivity contribution < 1.29 is 4.39 Å². The van der Waals surface area contributed by atoms with E-state index in [-0.39, 0.29) is 11.7 Å². The maximum Gasteiger partial charge on any atom is 0.149 e. The molecule has 0 aliphatic heterocycles. The first-order valence-electron chi connectivity index (χ1n) is 5.79. The summed E-state index contributed by atoms with van der Waals surface area (Å²) in [6, 6.07) is 4.88. The van der Waals surface area contributed by atoms with Crippen LogP contribution in [0.4, 0.5) is 4.39 Å². The highest BCUT2D eigenvalue weighted by molar-refractivity contribution is 7.09. The average molecular weight is 296 g/mol. The summed E-state index contributed by atoms with van der Waals surface area (Å²) in [5.74, 6) is 0.623. The van der Waals surface area contributed by atoms with E-state index in [0.29, 0.717) is 23.4 Å². The molecule has 0 radical (unpaired) electrons. The molecule has 0 amide bonds. The molecule has 3 rings (SSSR count). The number of fused-ring (bicyclic) bond motifs is 1. The van der Waals surface area contributed by atoms with Gasteiger partial charge < -0.3 is 4.57 Å². The summed E-state index contributed by atoms with van der Waals surface area (Å²) in [6.45, 7) is 2.44. The number of benzene rings is 1. The molecular weight excluding hydrogens is 285 g/mol. The van der Waals surface area contributed by atoms with E-state index in [4.69, 9.17) is 11.6 Å². The third-order valence-electron chi connectivity index (χ3n) is 2.90. The largest absolute Gasteiger partial charge is 0.318 e. The van der Waals surface area contributed by atoms with Crippen molar-refractivity contribution in [1.82, 2.24) is 14.5 Å². The van der Waals surface area contributed by atoms with Crippen LogP contribution in [0.25, 0.3) is 11.0 Å². The Morgan fingerprint density at radius 2 is 2.21 bits per heavy atom. The minimum absolute atomic E-state index is 0.247. The predicted molar refractivity (Wildman–Crippen MR) is 75.2 cm³/mol. The van der Waals surface area contributed by atoms with Crippen LogP contribution in [0.2, 0.25) is 0 Å². The molecule has 19 heavy (non-hydrogen) atoms. The average Bonchev–Trinajstić information content (AvgIpc) is 2.95. The number of hydrogen-bond donors (Lipinski definition) is 0. The Morgan fingerprint density at radius 3 is 2.89 bits per heavy atom. The van der Waals surface area contributed by atoms with Crippen molar-refractivity contribution in [2.75, 3.05) is 0 Å². The van der Waals surface area contributed by atoms with Crippen LogP contribution in [0, 0.1) is 12.7 Å². The van der Waals surface area contributed by atoms with Crippen molar-refractivity contribution in [2.24, 2.45) is 0 Å². The number of alkyl halides is 1. The number of hydrogen-bond acceptors (Lipinski definition) is 3. The molecular formula is C13H11ClFN3S. The van der Waals surface area contributed by atoms with E-state index >= 15 is 0 Å². The number of halogens is 2. The van der Waals surface area contributed by atoms with Crippen molar-refractivity contribution in [2.45, 2.75) is 19.3 Å². The summed E-state index contributed by atoms with van der Waals surface area (Å²) in [6.07, 6.45) is 0. The van der Waals surface area contributed by atoms with Crippen molar-refractivity contribution in [1.29, 1.82) is 0 Å². The molecule has 0 aliphatic carbocycles. The number of imidazole rings is 1. The quantitative estimate of drug-likeness (QED) is 0.689. The Bertz CT molecular complexity index is 735. The molecule has 98 valence electrons. The maximum atomic E-state index is 14.0. The van der Waals surface area contributed by atoms with E-state index in [1.165, 1.54) is 6.07 Å². The van der Waals surface area contributed by atoms with Crippen LogP contribution in [0.1, 0.15) is 16.5 Å². The van der Waals surface area contributed by atoms with Crippen molar-refractivity contribution in [3.8, 4) is 0 Å². The second kappa shape index (κ2) is 4.90. The number of aryl methyl sites for hydroxylation is 1. The standard InChI is InChI=1S/C13H11ClFN3S/c1-8-16-9(7-19-8)6-18-12(5-14)17-11-4-2-3-10(15)13(11)18/h2-4,7H,5-6H2,1H3. The summed E-state index contributed by atoms with van der Waals surface area (Å²) in [7, 11) is 0. The monoisotopic (exact) mass is 295 g/mol. The van der Waals surface area contributed by atoms with Gasteiger partial charge in [0.2, 0.25) is 0 Å². The van der Waals surface area contributed by atoms with Crippen LogP contribution < -0.4 is 0 Å². The molecule has 2 aromatic heterocycles. The zero-order valence-electron chi connectivity index (χ0n) is 10.2. The van der Waals surface area contributed by atoms with Crippen molar-refractivity contribution in [3.63, 3.8) is 0 Å². The summed E-state index contributed by atoms with van der Waals surface area (Å²) < 4.78 is 15.8. The van der Waals surface area contributed by atoms with Gasteiger partial charge in [0.05, 0.1) is 28.6 Å². The molecule has 3 nitrogen and oxygen atoms in total. The molecule has 0 saturated heterocycles. The minimum Gasteiger partial charge on any atom is -0.318 e. The molecule has 0 spiro atoms. The number of nitrogens with zero attached hydrogens (tertiary/aromatic N) is 3. The van der Waals surface area contributed by atoms with E-state index in [1.54, 1.807) is 28.0 Å². The summed E-state index contributed by atoms with van der Waals surface area (Å²) in [5, 5.41) is 2.97. The highest BCUT2D eigenvalue weighted by atomic mass is 35.5. The smallest absolute Gasteiger partial charge is 0.149 e. The van der Waals surface area contributed by atoms with Gasteiger partial charge in [-0.05, 0) is 19.1 Å². The van der Waals surface area contributed by atoms with Gasteiger partial charge >= 0.3 is 0 Å². The fourth-order valence-corrected chi connectivity index (χ4v) is 2.91. The fraction of sp³-hybridized carbons (Fsp3) is 0.231. The molecule has 0 saturated carbocycles. The number of thiazole rings is 1. The fourth-order valence-electron chi connectivity index (χ4n) is 2.11. The molecule has 1 aromatic carbocycles. The van der Waals surface area contributed by atoms with Crippen LogP contribution in [-0.4, -0.2) is 14.5 Å². The van der Waals surface area contributed by atoms with Crippen molar-refractivity contribution in [3.05, 3.63) is 45.9 Å². The van der Waals surface area contributed by atoms with E-state index < -0.39 is 0 Å². The Balaban J connectivity index is 2.15. The topological polar surface area (TPSA) is 30.7 Å². The molecule has 0 aliphatic rings. The van der Waals surface area contributed by atoms with Crippen molar-refractivity contribution >= 4 is 34.0 Å². The number of para-hydroxylation sites is 1. The first-order chi connectivity index (χ1) is 9.19. The molecule has 0 bridgehead atoms. The lowest BCUT2D eigenvalue weighted by molar-refractivity contribution is 0.625. The summed E-state index contributed by atoms with van der Waals surface area (Å²) in [4.78, 5) is 8.76. The van der Waals surface area contributed by atoms with Crippen LogP contribution >= 0.6 is 22.9 Å². The SMILES string of the molecule is Cc1nc(Cn2c(CCl)nc3cccc(F)c32)cs1. The maximum absolute atomic E-state index is 14.0. The van der Waals surface area contributed by atoms with Crippen LogP contribution in [-0.2, 0) is 12.4 Å². The highest BCUT2D eigenvalue weighted by Gasteiger charge is 2.14. The predicted octanol–water partition coefficient (Wildman–Crippen LogP) is 3.73. The van der Waals surface area contributed by atoms with E-state index in [0.717, 1.165) is 10.7 Å². The van der Waals surface area contributed by atoms with Gasteiger partial charge in [-0.2, -0.15) is 0 Å². The molecule has 3 aromatic rings. The lowest BCUT2D eigenvalue weighted by atomic mass is 10.3. The molecule has 0 unspecified atom stereocenters. The van der Waals surface area contributed by atoms with Gasteiger partial charge in [-0.15, -0.1) is 22.9 Å². The molecule has 0 N–H and O–H groups in total. The molecule has 0 atom stereocenters. The van der Waals surface area contributed by atoms with E-state index in [9.17, 15) is 4.39 Å². The van der Waals surface area contributed by atoms with Gasteiger partial charge in [0, 0.05) is 5.38 Å². The Morgan fingerprint density at radius 1 is 1.37 bits per heavy atom. The van der Waals surface area contributed by atoms with Gasteiger partial charge in [-0.3, -0.25) is 0 Å². The Kier molecular flexibility index (Phi) is 3.24. The highest BCUT2D eigenvalue weighted by Crippen LogP contribution is 2.22. The third kappa shape index (κ3) is 2.24. The van der Waals surface area contributed by atoms with Gasteiger partial charge in [0.1, 0.15) is 17.2 Å². The molecule has 6 heteroatoms. The number of aromatic nitrogens is 3. The van der Waals surface area contributed by atoms with E-state index in [1.807, 2.05) is 12.3 Å². The normalized spacial score (nSPS) is 11.3. The van der Waals surface area contributed by atoms with Crippen LogP contribution in [0.15, 0.2) is 23.6 Å². The Labute approximate surface area is 118 Å². The zero-order chi connectivity index (χ0) is 13.4. The zero-order valence-corrected chi connectivity index (χ0v) is 11.8. The summed E-state index contributed by atoms with van der Waals surface area (Å²) >= 11 is 7.48. The van der Waals surface area contributed by atoms with Crippen LogP contribution in [0.5, 0.6) is 0 Å². The third-order valence-corrected chi connectivity index (χ3v) is 3.96. The van der Waals surface area contributed by atoms with Gasteiger partial charge in [0.25, 0.3) is 0 Å². The minimum atomic E-state index is -0.284. The lowest BCUT2D eigenvalue weighted by Gasteiger charge is -2.06. The Hall–Kier alpha value is -1.46. The van der Waals surface area contributed by atoms with Gasteiger partial charge in [0.15, 0.2) is 0 Å². The number of rotatable bonds is 3. The lowest BCUT2D eigenvalue weighted by Crippen LogP contribution is -2.05. The second-order valence-corrected chi connectivity index (χ2v) is 5.54. The van der Waals surface area contributed by atoms with Gasteiger partial charge in [-0.1, -0.05) is 6.07 Å². The first-order valence-corrected chi connectivity index (χ1v) is 7.21. The molecule has 2 heterocycles. The molecule has 0 fully saturated rings. The summed E-state index contributed by atoms with van der Waals surface area (Å²) in [5.41, 5.74) is 2.02. The van der Waals surface area contributed by atoms with Crippen LogP contribution in [0.3, 0.4) is 0 Å². The van der Waals surface area contributed by atoms with E-state index in [2.05, 4.69) is 9.97 Å².